The van der Waals surface area contributed by atoms with Crippen molar-refractivity contribution in [2.24, 2.45) is 0 Å². The Kier molecular flexibility index (Phi) is 4.79. The van der Waals surface area contributed by atoms with Crippen molar-refractivity contribution in [2.45, 2.75) is 45.2 Å². The predicted octanol–water partition coefficient (Wildman–Crippen LogP) is 3.72. The lowest BCUT2D eigenvalue weighted by atomic mass is 9.99. The first kappa shape index (κ1) is 18.4. The molecule has 26 heavy (non-hydrogen) atoms. The van der Waals surface area contributed by atoms with Gasteiger partial charge in [0.05, 0.1) is 23.5 Å². The van der Waals surface area contributed by atoms with Gasteiger partial charge in [0.2, 0.25) is 0 Å². The molecule has 1 aromatic carbocycles. The number of halogens is 3. The van der Waals surface area contributed by atoms with Crippen molar-refractivity contribution in [2.75, 3.05) is 7.05 Å². The van der Waals surface area contributed by atoms with Gasteiger partial charge in [-0.15, -0.1) is 0 Å². The number of aromatic nitrogens is 2. The van der Waals surface area contributed by atoms with E-state index in [-0.39, 0.29) is 24.7 Å². The lowest BCUT2D eigenvalue weighted by Gasteiger charge is -2.25. The normalized spacial score (nSPS) is 19.9. The number of carbonyl (C=O) groups excluding carboxylic acids is 1. The van der Waals surface area contributed by atoms with Crippen LogP contribution in [-0.4, -0.2) is 34.2 Å². The Hall–Kier alpha value is -2.35. The van der Waals surface area contributed by atoms with Crippen LogP contribution in [0.15, 0.2) is 24.3 Å². The van der Waals surface area contributed by atoms with Crippen LogP contribution in [-0.2, 0) is 23.9 Å². The SMILES string of the molecule is C[C@@H]1Cc2c(C(=O)N(C)Cc3ccc(C(F)(F)F)cc3)n[nH]c2[C@H](C)O1. The molecule has 8 heteroatoms. The number of H-pyrrole nitrogens is 1. The molecule has 1 N–H and O–H groups in total. The van der Waals surface area contributed by atoms with E-state index in [9.17, 15) is 18.0 Å². The van der Waals surface area contributed by atoms with E-state index < -0.39 is 11.7 Å². The fourth-order valence-corrected chi connectivity index (χ4v) is 3.18. The molecule has 0 bridgehead atoms. The molecule has 1 aliphatic rings. The van der Waals surface area contributed by atoms with Gasteiger partial charge in [0.15, 0.2) is 5.69 Å². The van der Waals surface area contributed by atoms with Gasteiger partial charge in [0.25, 0.3) is 5.91 Å². The monoisotopic (exact) mass is 367 g/mol. The number of carbonyl (C=O) groups is 1. The van der Waals surface area contributed by atoms with Gasteiger partial charge in [-0.1, -0.05) is 12.1 Å². The summed E-state index contributed by atoms with van der Waals surface area (Å²) in [5.41, 5.74) is 1.90. The van der Waals surface area contributed by atoms with Crippen molar-refractivity contribution in [3.63, 3.8) is 0 Å². The lowest BCUT2D eigenvalue weighted by Crippen LogP contribution is -2.29. The number of benzene rings is 1. The van der Waals surface area contributed by atoms with Crippen molar-refractivity contribution in [3.05, 3.63) is 52.3 Å². The number of fused-ring (bicyclic) bond motifs is 1. The second-order valence-electron chi connectivity index (χ2n) is 6.61. The maximum atomic E-state index is 12.7. The fourth-order valence-electron chi connectivity index (χ4n) is 3.18. The number of aromatic amines is 1. The summed E-state index contributed by atoms with van der Waals surface area (Å²) in [5, 5.41) is 7.02. The summed E-state index contributed by atoms with van der Waals surface area (Å²) in [5.74, 6) is -0.274. The van der Waals surface area contributed by atoms with Crippen LogP contribution < -0.4 is 0 Å². The van der Waals surface area contributed by atoms with E-state index in [2.05, 4.69) is 10.2 Å². The highest BCUT2D eigenvalue weighted by atomic mass is 19.4. The number of hydrogen-bond donors (Lipinski definition) is 1. The van der Waals surface area contributed by atoms with Gasteiger partial charge in [-0.3, -0.25) is 9.89 Å². The Bertz CT molecular complexity index is 799. The first-order valence-electron chi connectivity index (χ1n) is 8.31. The molecule has 5 nitrogen and oxygen atoms in total. The maximum Gasteiger partial charge on any atom is 0.416 e. The third-order valence-corrected chi connectivity index (χ3v) is 4.48. The van der Waals surface area contributed by atoms with E-state index in [0.29, 0.717) is 17.7 Å². The van der Waals surface area contributed by atoms with Crippen LogP contribution in [0.1, 0.15) is 52.8 Å². The number of ether oxygens (including phenoxy) is 1. The Balaban J connectivity index is 1.75. The van der Waals surface area contributed by atoms with E-state index in [4.69, 9.17) is 4.74 Å². The number of rotatable bonds is 3. The molecule has 2 aromatic rings. The zero-order valence-corrected chi connectivity index (χ0v) is 14.7. The smallest absolute Gasteiger partial charge is 0.369 e. The Morgan fingerprint density at radius 2 is 1.96 bits per heavy atom. The first-order valence-corrected chi connectivity index (χ1v) is 8.31. The molecule has 2 atom stereocenters. The molecule has 0 saturated carbocycles. The van der Waals surface area contributed by atoms with Crippen LogP contribution in [0.25, 0.3) is 0 Å². The Morgan fingerprint density at radius 1 is 1.31 bits per heavy atom. The zero-order chi connectivity index (χ0) is 19.1. The van der Waals surface area contributed by atoms with Crippen LogP contribution in [0, 0.1) is 0 Å². The molecule has 1 aromatic heterocycles. The van der Waals surface area contributed by atoms with E-state index in [1.165, 1.54) is 17.0 Å². The quantitative estimate of drug-likeness (QED) is 0.899. The minimum atomic E-state index is -4.37. The molecule has 0 unspecified atom stereocenters. The van der Waals surface area contributed by atoms with E-state index in [1.54, 1.807) is 7.05 Å². The number of alkyl halides is 3. The van der Waals surface area contributed by atoms with E-state index >= 15 is 0 Å². The highest BCUT2D eigenvalue weighted by Gasteiger charge is 2.31. The average Bonchev–Trinajstić information content (AvgIpc) is 2.97. The van der Waals surface area contributed by atoms with Crippen LogP contribution in [0.2, 0.25) is 0 Å². The van der Waals surface area contributed by atoms with Gasteiger partial charge < -0.3 is 9.64 Å². The molecular weight excluding hydrogens is 347 g/mol. The second kappa shape index (κ2) is 6.75. The van der Waals surface area contributed by atoms with Gasteiger partial charge in [-0.05, 0) is 31.5 Å². The van der Waals surface area contributed by atoms with Gasteiger partial charge in [-0.25, -0.2) is 0 Å². The molecule has 3 rings (SSSR count). The lowest BCUT2D eigenvalue weighted by molar-refractivity contribution is -0.137. The molecule has 1 aliphatic heterocycles. The summed E-state index contributed by atoms with van der Waals surface area (Å²) in [6, 6.07) is 4.80. The van der Waals surface area contributed by atoms with Crippen molar-refractivity contribution in [3.8, 4) is 0 Å². The number of hydrogen-bond acceptors (Lipinski definition) is 3. The van der Waals surface area contributed by atoms with Crippen LogP contribution >= 0.6 is 0 Å². The van der Waals surface area contributed by atoms with Crippen molar-refractivity contribution < 1.29 is 22.7 Å². The van der Waals surface area contributed by atoms with Crippen molar-refractivity contribution >= 4 is 5.91 Å². The zero-order valence-electron chi connectivity index (χ0n) is 14.7. The third kappa shape index (κ3) is 3.60. The molecule has 0 spiro atoms. The van der Waals surface area contributed by atoms with Gasteiger partial charge >= 0.3 is 6.18 Å². The highest BCUT2D eigenvalue weighted by Crippen LogP contribution is 2.31. The molecule has 0 fully saturated rings. The van der Waals surface area contributed by atoms with Crippen LogP contribution in [0.3, 0.4) is 0 Å². The Labute approximate surface area is 149 Å². The summed E-state index contributed by atoms with van der Waals surface area (Å²) >= 11 is 0. The summed E-state index contributed by atoms with van der Waals surface area (Å²) in [6.45, 7) is 4.03. The van der Waals surface area contributed by atoms with E-state index in [1.807, 2.05) is 13.8 Å². The standard InChI is InChI=1S/C18H20F3N3O2/c1-10-8-14-15(11(2)26-10)22-23-16(14)17(25)24(3)9-12-4-6-13(7-5-12)18(19,20)21/h4-7,10-11H,8-9H2,1-3H3,(H,22,23)/t10-,11+/m1/s1. The molecule has 1 amide bonds. The molecule has 0 saturated heterocycles. The topological polar surface area (TPSA) is 58.2 Å². The molecule has 140 valence electrons. The third-order valence-electron chi connectivity index (χ3n) is 4.48. The number of nitrogens with one attached hydrogen (secondary N) is 1. The van der Waals surface area contributed by atoms with Crippen LogP contribution in [0.4, 0.5) is 13.2 Å². The van der Waals surface area contributed by atoms with E-state index in [0.717, 1.165) is 23.4 Å². The number of nitrogens with zero attached hydrogens (tertiary/aromatic N) is 2. The average molecular weight is 367 g/mol. The van der Waals surface area contributed by atoms with Gasteiger partial charge in [0, 0.05) is 25.6 Å². The van der Waals surface area contributed by atoms with Gasteiger partial charge in [0.1, 0.15) is 0 Å². The minimum absolute atomic E-state index is 0.0122. The summed E-state index contributed by atoms with van der Waals surface area (Å²) in [4.78, 5) is 14.2. The minimum Gasteiger partial charge on any atom is -0.369 e. The Morgan fingerprint density at radius 3 is 2.58 bits per heavy atom. The van der Waals surface area contributed by atoms with Gasteiger partial charge in [-0.2, -0.15) is 18.3 Å². The van der Waals surface area contributed by atoms with Crippen molar-refractivity contribution in [1.82, 2.24) is 15.1 Å². The molecule has 0 aliphatic carbocycles. The fraction of sp³-hybridized carbons (Fsp3) is 0.444. The second-order valence-corrected chi connectivity index (χ2v) is 6.61. The van der Waals surface area contributed by atoms with Crippen LogP contribution in [0.5, 0.6) is 0 Å². The maximum absolute atomic E-state index is 12.7. The molecule has 0 radical (unpaired) electrons. The largest absolute Gasteiger partial charge is 0.416 e. The summed E-state index contributed by atoms with van der Waals surface area (Å²) < 4.78 is 43.6. The summed E-state index contributed by atoms with van der Waals surface area (Å²) in [7, 11) is 1.60. The first-order chi connectivity index (χ1) is 12.2. The summed E-state index contributed by atoms with van der Waals surface area (Å²) in [6.07, 6.45) is -3.96. The highest BCUT2D eigenvalue weighted by molar-refractivity contribution is 5.94. The molecule has 2 heterocycles. The predicted molar refractivity (Wildman–Crippen MR) is 88.5 cm³/mol. The number of amides is 1. The molecular formula is C18H20F3N3O2. The van der Waals surface area contributed by atoms with Crippen molar-refractivity contribution in [1.29, 1.82) is 0 Å².